The zero-order chi connectivity index (χ0) is 22.0. The predicted octanol–water partition coefficient (Wildman–Crippen LogP) is 3.88. The molecule has 31 heavy (non-hydrogen) atoms. The molecule has 10 heteroatoms. The maximum atomic E-state index is 13.0. The maximum Gasteiger partial charge on any atom is 0.266 e. The molecule has 0 aliphatic carbocycles. The number of nitrogens with one attached hydrogen (secondary N) is 1. The largest absolute Gasteiger partial charge is 0.497 e. The first-order valence-electron chi connectivity index (χ1n) is 9.20. The molecule has 0 fully saturated rings. The van der Waals surface area contributed by atoms with Gasteiger partial charge in [-0.2, -0.15) is 0 Å². The van der Waals surface area contributed by atoms with Crippen molar-refractivity contribution in [2.24, 2.45) is 0 Å². The summed E-state index contributed by atoms with van der Waals surface area (Å²) in [6.45, 7) is 0.0747. The number of rotatable bonds is 6. The molecule has 158 valence electrons. The number of ether oxygens (including phenoxy) is 1. The van der Waals surface area contributed by atoms with Crippen LogP contribution in [-0.2, 0) is 11.3 Å². The first kappa shape index (κ1) is 20.5. The molecule has 2 heterocycles. The number of hydrogen-bond acceptors (Lipinski definition) is 6. The molecule has 0 radical (unpaired) electrons. The van der Waals surface area contributed by atoms with Crippen molar-refractivity contribution in [1.29, 1.82) is 0 Å². The molecule has 0 saturated heterocycles. The van der Waals surface area contributed by atoms with Crippen molar-refractivity contribution >= 4 is 34.3 Å². The number of fused-ring (bicyclic) bond motifs is 1. The number of hydrogen-bond donors (Lipinski definition) is 1. The fourth-order valence-electron chi connectivity index (χ4n) is 3.02. The minimum Gasteiger partial charge on any atom is -0.497 e. The first-order chi connectivity index (χ1) is 15.0. The summed E-state index contributed by atoms with van der Waals surface area (Å²) in [7, 11) is 1.51. The second kappa shape index (κ2) is 8.57. The summed E-state index contributed by atoms with van der Waals surface area (Å²) in [4.78, 5) is 29.3. The van der Waals surface area contributed by atoms with Crippen LogP contribution in [0.15, 0.2) is 58.1 Å². The normalized spacial score (nSPS) is 10.9. The molecule has 8 nitrogen and oxygen atoms in total. The molecule has 1 amide bonds. The van der Waals surface area contributed by atoms with Crippen LogP contribution in [0.4, 0.5) is 10.1 Å². The summed E-state index contributed by atoms with van der Waals surface area (Å²) in [5.41, 5.74) is 0.800. The molecular formula is C21H16ClFN4O4. The molecule has 2 aromatic heterocycles. The number of methoxy groups -OCH3 is 1. The van der Waals surface area contributed by atoms with Crippen molar-refractivity contribution in [1.82, 2.24) is 14.7 Å². The highest BCUT2D eigenvalue weighted by Gasteiger charge is 2.20. The number of carbonyl (C=O) groups is 1. The Morgan fingerprint density at radius 3 is 2.77 bits per heavy atom. The van der Waals surface area contributed by atoms with Gasteiger partial charge in [0, 0.05) is 24.2 Å². The molecule has 4 aromatic rings. The number of amides is 1. The Hall–Kier alpha value is -3.72. The van der Waals surface area contributed by atoms with E-state index in [2.05, 4.69) is 15.5 Å². The van der Waals surface area contributed by atoms with Crippen LogP contribution >= 0.6 is 11.6 Å². The predicted molar refractivity (Wildman–Crippen MR) is 113 cm³/mol. The van der Waals surface area contributed by atoms with E-state index in [0.717, 1.165) is 0 Å². The average molecular weight is 443 g/mol. The maximum absolute atomic E-state index is 13.0. The van der Waals surface area contributed by atoms with Crippen molar-refractivity contribution in [3.8, 4) is 17.0 Å². The quantitative estimate of drug-likeness (QED) is 0.486. The van der Waals surface area contributed by atoms with Gasteiger partial charge in [0.2, 0.25) is 5.91 Å². The van der Waals surface area contributed by atoms with Crippen LogP contribution in [0.5, 0.6) is 5.75 Å². The molecule has 0 aliphatic heterocycles. The van der Waals surface area contributed by atoms with E-state index in [0.29, 0.717) is 22.0 Å². The Bertz CT molecular complexity index is 1320. The highest BCUT2D eigenvalue weighted by Crippen LogP contribution is 2.33. The van der Waals surface area contributed by atoms with Gasteiger partial charge in [0.1, 0.15) is 29.0 Å². The lowest BCUT2D eigenvalue weighted by molar-refractivity contribution is -0.116. The Labute approximate surface area is 180 Å². The Morgan fingerprint density at radius 1 is 1.26 bits per heavy atom. The molecule has 4 rings (SSSR count). The van der Waals surface area contributed by atoms with E-state index >= 15 is 0 Å². The third kappa shape index (κ3) is 4.26. The van der Waals surface area contributed by atoms with Gasteiger partial charge in [0.15, 0.2) is 0 Å². The molecule has 2 aromatic carbocycles. The molecule has 0 spiro atoms. The van der Waals surface area contributed by atoms with Crippen LogP contribution < -0.4 is 15.6 Å². The molecular weight excluding hydrogens is 427 g/mol. The van der Waals surface area contributed by atoms with Gasteiger partial charge in [-0.1, -0.05) is 16.8 Å². The van der Waals surface area contributed by atoms with E-state index in [1.54, 1.807) is 18.2 Å². The third-order valence-corrected chi connectivity index (χ3v) is 4.93. The Morgan fingerprint density at radius 2 is 2.03 bits per heavy atom. The van der Waals surface area contributed by atoms with Crippen LogP contribution in [0.25, 0.3) is 22.4 Å². The number of benzene rings is 2. The van der Waals surface area contributed by atoms with Crippen LogP contribution in [0, 0.1) is 5.82 Å². The molecule has 0 saturated carbocycles. The van der Waals surface area contributed by atoms with Crippen molar-refractivity contribution in [3.05, 3.63) is 70.0 Å². The van der Waals surface area contributed by atoms with Gasteiger partial charge in [-0.05, 0) is 42.5 Å². The van der Waals surface area contributed by atoms with Crippen LogP contribution in [0.2, 0.25) is 5.02 Å². The van der Waals surface area contributed by atoms with E-state index in [9.17, 15) is 14.0 Å². The summed E-state index contributed by atoms with van der Waals surface area (Å²) in [6.07, 6.45) is 1.29. The van der Waals surface area contributed by atoms with E-state index in [-0.39, 0.29) is 35.7 Å². The van der Waals surface area contributed by atoms with Crippen molar-refractivity contribution in [3.63, 3.8) is 0 Å². The van der Waals surface area contributed by atoms with E-state index in [4.69, 9.17) is 20.9 Å². The number of aromatic nitrogens is 3. The standard InChI is InChI=1S/C21H16ClFN4O4/c1-30-14-6-7-16(22)15(10-14)19-18-20(31-26-19)24-11-27(21(18)29)9-8-17(28)25-13-4-2-12(23)3-5-13/h2-7,10-11H,8-9H2,1H3,(H,25,28). The van der Waals surface area contributed by atoms with Gasteiger partial charge in [-0.25, -0.2) is 9.37 Å². The van der Waals surface area contributed by atoms with Gasteiger partial charge in [-0.3, -0.25) is 14.2 Å². The number of carbonyl (C=O) groups excluding carboxylic acids is 1. The number of halogens is 2. The van der Waals surface area contributed by atoms with Crippen molar-refractivity contribution in [2.75, 3.05) is 12.4 Å². The highest BCUT2D eigenvalue weighted by molar-refractivity contribution is 6.33. The van der Waals surface area contributed by atoms with Gasteiger partial charge >= 0.3 is 0 Å². The lowest BCUT2D eigenvalue weighted by Gasteiger charge is -2.07. The Balaban J connectivity index is 1.59. The number of aryl methyl sites for hydroxylation is 1. The van der Waals surface area contributed by atoms with Crippen LogP contribution in [0.3, 0.4) is 0 Å². The Kier molecular flexibility index (Phi) is 5.68. The summed E-state index contributed by atoms with van der Waals surface area (Å²) in [6, 6.07) is 10.4. The SMILES string of the molecule is COc1ccc(Cl)c(-c2noc3ncn(CCC(=O)Nc4ccc(F)cc4)c(=O)c23)c1. The topological polar surface area (TPSA) is 99.2 Å². The van der Waals surface area contributed by atoms with Gasteiger partial charge in [-0.15, -0.1) is 0 Å². The van der Waals surface area contributed by atoms with Gasteiger partial charge in [0.05, 0.1) is 12.1 Å². The highest BCUT2D eigenvalue weighted by atomic mass is 35.5. The van der Waals surface area contributed by atoms with Gasteiger partial charge < -0.3 is 14.6 Å². The molecule has 1 N–H and O–H groups in total. The zero-order valence-corrected chi connectivity index (χ0v) is 17.0. The molecule has 0 bridgehead atoms. The number of anilines is 1. The van der Waals surface area contributed by atoms with Gasteiger partial charge in [0.25, 0.3) is 11.3 Å². The second-order valence-electron chi connectivity index (χ2n) is 6.61. The molecule has 0 unspecified atom stereocenters. The van der Waals surface area contributed by atoms with Crippen LogP contribution in [0.1, 0.15) is 6.42 Å². The monoisotopic (exact) mass is 442 g/mol. The van der Waals surface area contributed by atoms with E-state index < -0.39 is 11.4 Å². The molecule has 0 atom stereocenters. The van der Waals surface area contributed by atoms with Crippen molar-refractivity contribution in [2.45, 2.75) is 13.0 Å². The summed E-state index contributed by atoms with van der Waals surface area (Å²) in [5, 5.41) is 7.12. The number of nitrogens with zero attached hydrogens (tertiary/aromatic N) is 3. The molecule has 0 aliphatic rings. The third-order valence-electron chi connectivity index (χ3n) is 4.60. The van der Waals surface area contributed by atoms with Crippen molar-refractivity contribution < 1.29 is 18.4 Å². The summed E-state index contributed by atoms with van der Waals surface area (Å²) in [5.74, 6) is -0.193. The average Bonchev–Trinajstić information content (AvgIpc) is 3.20. The van der Waals surface area contributed by atoms with E-state index in [1.165, 1.54) is 42.3 Å². The second-order valence-corrected chi connectivity index (χ2v) is 7.01. The lowest BCUT2D eigenvalue weighted by atomic mass is 10.1. The first-order valence-corrected chi connectivity index (χ1v) is 9.58. The smallest absolute Gasteiger partial charge is 0.266 e. The van der Waals surface area contributed by atoms with Crippen LogP contribution in [-0.4, -0.2) is 27.7 Å². The summed E-state index contributed by atoms with van der Waals surface area (Å²) >= 11 is 6.28. The minimum absolute atomic E-state index is 0.00496. The minimum atomic E-state index is -0.422. The summed E-state index contributed by atoms with van der Waals surface area (Å²) < 4.78 is 24.7. The lowest BCUT2D eigenvalue weighted by Crippen LogP contribution is -2.23. The zero-order valence-electron chi connectivity index (χ0n) is 16.3. The fraction of sp³-hybridized carbons (Fsp3) is 0.143. The fourth-order valence-corrected chi connectivity index (χ4v) is 3.22. The van der Waals surface area contributed by atoms with E-state index in [1.807, 2.05) is 0 Å².